The van der Waals surface area contributed by atoms with Crippen LogP contribution in [0.3, 0.4) is 0 Å². The van der Waals surface area contributed by atoms with Crippen molar-refractivity contribution in [1.29, 1.82) is 0 Å². The molecule has 0 unspecified atom stereocenters. The smallest absolute Gasteiger partial charge is 0.0685 e. The number of hydrogen-bond donors (Lipinski definition) is 1. The van der Waals surface area contributed by atoms with Crippen LogP contribution in [0.4, 0.5) is 5.69 Å². The standard InChI is InChI=1S/C17H17N3/c1-12-5-3-4-6-14(12)15-8-7-13(18)11-16(15)17-9-10-19-20(17)2/h3-11H,18H2,1-2H3. The van der Waals surface area contributed by atoms with Gasteiger partial charge in [-0.3, -0.25) is 4.68 Å². The molecule has 100 valence electrons. The van der Waals surface area contributed by atoms with E-state index in [0.717, 1.165) is 16.9 Å². The molecule has 0 fully saturated rings. The van der Waals surface area contributed by atoms with Gasteiger partial charge < -0.3 is 5.73 Å². The molecule has 20 heavy (non-hydrogen) atoms. The second-order valence-electron chi connectivity index (χ2n) is 4.96. The largest absolute Gasteiger partial charge is 0.399 e. The normalized spacial score (nSPS) is 10.7. The number of nitrogen functional groups attached to an aromatic ring is 1. The molecule has 2 aromatic carbocycles. The van der Waals surface area contributed by atoms with E-state index in [1.54, 1.807) is 6.20 Å². The number of benzene rings is 2. The molecule has 0 aliphatic heterocycles. The maximum atomic E-state index is 5.97. The first-order chi connectivity index (χ1) is 9.66. The van der Waals surface area contributed by atoms with E-state index in [1.807, 2.05) is 29.9 Å². The molecule has 0 amide bonds. The average Bonchev–Trinajstić information content (AvgIpc) is 2.86. The van der Waals surface area contributed by atoms with E-state index < -0.39 is 0 Å². The number of aromatic nitrogens is 2. The predicted octanol–water partition coefficient (Wildman–Crippen LogP) is 3.64. The van der Waals surface area contributed by atoms with Crippen LogP contribution >= 0.6 is 0 Å². The number of rotatable bonds is 2. The topological polar surface area (TPSA) is 43.8 Å². The summed E-state index contributed by atoms with van der Waals surface area (Å²) in [6.45, 7) is 2.12. The summed E-state index contributed by atoms with van der Waals surface area (Å²) in [5, 5.41) is 4.26. The monoisotopic (exact) mass is 263 g/mol. The summed E-state index contributed by atoms with van der Waals surface area (Å²) in [6.07, 6.45) is 1.81. The molecule has 0 radical (unpaired) electrons. The van der Waals surface area contributed by atoms with Gasteiger partial charge in [-0.15, -0.1) is 0 Å². The van der Waals surface area contributed by atoms with Crippen molar-refractivity contribution in [3.05, 3.63) is 60.3 Å². The van der Waals surface area contributed by atoms with Gasteiger partial charge in [-0.05, 0) is 41.8 Å². The van der Waals surface area contributed by atoms with Gasteiger partial charge in [0, 0.05) is 24.5 Å². The second kappa shape index (κ2) is 4.85. The first-order valence-corrected chi connectivity index (χ1v) is 6.61. The van der Waals surface area contributed by atoms with Crippen molar-refractivity contribution in [1.82, 2.24) is 9.78 Å². The minimum Gasteiger partial charge on any atom is -0.399 e. The Morgan fingerprint density at radius 2 is 1.75 bits per heavy atom. The highest BCUT2D eigenvalue weighted by atomic mass is 15.3. The van der Waals surface area contributed by atoms with Crippen LogP contribution in [-0.4, -0.2) is 9.78 Å². The molecule has 0 spiro atoms. The third-order valence-corrected chi connectivity index (χ3v) is 3.58. The summed E-state index contributed by atoms with van der Waals surface area (Å²) < 4.78 is 1.87. The van der Waals surface area contributed by atoms with Gasteiger partial charge >= 0.3 is 0 Å². The van der Waals surface area contributed by atoms with E-state index in [9.17, 15) is 0 Å². The van der Waals surface area contributed by atoms with E-state index in [-0.39, 0.29) is 0 Å². The van der Waals surface area contributed by atoms with E-state index in [1.165, 1.54) is 16.7 Å². The first-order valence-electron chi connectivity index (χ1n) is 6.61. The van der Waals surface area contributed by atoms with Gasteiger partial charge in [-0.2, -0.15) is 5.10 Å². The quantitative estimate of drug-likeness (QED) is 0.717. The number of anilines is 1. The highest BCUT2D eigenvalue weighted by Crippen LogP contribution is 2.34. The summed E-state index contributed by atoms with van der Waals surface area (Å²) in [4.78, 5) is 0. The van der Waals surface area contributed by atoms with Crippen LogP contribution in [0.25, 0.3) is 22.4 Å². The fourth-order valence-electron chi connectivity index (χ4n) is 2.52. The Morgan fingerprint density at radius 1 is 0.950 bits per heavy atom. The van der Waals surface area contributed by atoms with Gasteiger partial charge in [0.1, 0.15) is 0 Å². The lowest BCUT2D eigenvalue weighted by Gasteiger charge is -2.13. The van der Waals surface area contributed by atoms with Crippen molar-refractivity contribution in [3.8, 4) is 22.4 Å². The van der Waals surface area contributed by atoms with Gasteiger partial charge in [0.2, 0.25) is 0 Å². The zero-order valence-corrected chi connectivity index (χ0v) is 11.7. The summed E-state index contributed by atoms with van der Waals surface area (Å²) in [7, 11) is 1.94. The van der Waals surface area contributed by atoms with Gasteiger partial charge in [-0.25, -0.2) is 0 Å². The zero-order chi connectivity index (χ0) is 14.1. The molecule has 0 atom stereocenters. The van der Waals surface area contributed by atoms with Gasteiger partial charge in [0.15, 0.2) is 0 Å². The molecule has 3 nitrogen and oxygen atoms in total. The van der Waals surface area contributed by atoms with Crippen LogP contribution in [0, 0.1) is 6.92 Å². The zero-order valence-electron chi connectivity index (χ0n) is 11.7. The third-order valence-electron chi connectivity index (χ3n) is 3.58. The second-order valence-corrected chi connectivity index (χ2v) is 4.96. The molecule has 3 rings (SSSR count). The van der Waals surface area contributed by atoms with Crippen molar-refractivity contribution < 1.29 is 0 Å². The van der Waals surface area contributed by atoms with E-state index in [4.69, 9.17) is 5.73 Å². The molecule has 3 heteroatoms. The highest BCUT2D eigenvalue weighted by Gasteiger charge is 2.12. The highest BCUT2D eigenvalue weighted by molar-refractivity contribution is 5.85. The Morgan fingerprint density at radius 3 is 2.45 bits per heavy atom. The van der Waals surface area contributed by atoms with E-state index in [2.05, 4.69) is 42.4 Å². The molecule has 0 bridgehead atoms. The fourth-order valence-corrected chi connectivity index (χ4v) is 2.52. The summed E-state index contributed by atoms with van der Waals surface area (Å²) in [5.74, 6) is 0. The summed E-state index contributed by atoms with van der Waals surface area (Å²) in [6, 6.07) is 16.4. The van der Waals surface area contributed by atoms with Crippen LogP contribution in [0.5, 0.6) is 0 Å². The lowest BCUT2D eigenvalue weighted by atomic mass is 9.94. The van der Waals surface area contributed by atoms with Crippen molar-refractivity contribution in [2.45, 2.75) is 6.92 Å². The molecule has 2 N–H and O–H groups in total. The molecular weight excluding hydrogens is 246 g/mol. The fraction of sp³-hybridized carbons (Fsp3) is 0.118. The lowest BCUT2D eigenvalue weighted by molar-refractivity contribution is 0.776. The number of hydrogen-bond acceptors (Lipinski definition) is 2. The van der Waals surface area contributed by atoms with Crippen molar-refractivity contribution in [2.75, 3.05) is 5.73 Å². The van der Waals surface area contributed by atoms with Gasteiger partial charge in [0.25, 0.3) is 0 Å². The Hall–Kier alpha value is -2.55. The van der Waals surface area contributed by atoms with E-state index >= 15 is 0 Å². The number of nitrogens with two attached hydrogens (primary N) is 1. The van der Waals surface area contributed by atoms with Crippen LogP contribution in [0.1, 0.15) is 5.56 Å². The Kier molecular flexibility index (Phi) is 3.03. The molecule has 0 saturated heterocycles. The van der Waals surface area contributed by atoms with Crippen LogP contribution in [0.15, 0.2) is 54.7 Å². The van der Waals surface area contributed by atoms with Crippen LogP contribution < -0.4 is 5.73 Å². The molecule has 3 aromatic rings. The van der Waals surface area contributed by atoms with Crippen LogP contribution in [-0.2, 0) is 7.05 Å². The summed E-state index contributed by atoms with van der Waals surface area (Å²) >= 11 is 0. The van der Waals surface area contributed by atoms with Crippen molar-refractivity contribution in [3.63, 3.8) is 0 Å². The SMILES string of the molecule is Cc1ccccc1-c1ccc(N)cc1-c1ccnn1C. The van der Waals surface area contributed by atoms with Crippen molar-refractivity contribution >= 4 is 5.69 Å². The molecule has 1 aromatic heterocycles. The molecular formula is C17H17N3. The molecule has 0 aliphatic rings. The maximum Gasteiger partial charge on any atom is 0.0685 e. The number of aryl methyl sites for hydroxylation is 2. The Bertz CT molecular complexity index is 756. The Balaban J connectivity index is 2.28. The van der Waals surface area contributed by atoms with Crippen molar-refractivity contribution in [2.24, 2.45) is 7.05 Å². The van der Waals surface area contributed by atoms with Crippen LogP contribution in [0.2, 0.25) is 0 Å². The number of nitrogens with zero attached hydrogens (tertiary/aromatic N) is 2. The van der Waals surface area contributed by atoms with Gasteiger partial charge in [0.05, 0.1) is 5.69 Å². The lowest BCUT2D eigenvalue weighted by Crippen LogP contribution is -1.97. The first kappa shape index (κ1) is 12.5. The van der Waals surface area contributed by atoms with Gasteiger partial charge in [-0.1, -0.05) is 30.3 Å². The summed E-state index contributed by atoms with van der Waals surface area (Å²) in [5.41, 5.74) is 12.6. The predicted molar refractivity (Wildman–Crippen MR) is 83.2 cm³/mol. The average molecular weight is 263 g/mol. The maximum absolute atomic E-state index is 5.97. The minimum atomic E-state index is 0.763. The third kappa shape index (κ3) is 2.07. The minimum absolute atomic E-state index is 0.763. The molecule has 1 heterocycles. The molecule has 0 saturated carbocycles. The Labute approximate surface area is 118 Å². The molecule has 0 aliphatic carbocycles. The van der Waals surface area contributed by atoms with E-state index in [0.29, 0.717) is 0 Å².